The van der Waals surface area contributed by atoms with E-state index in [0.717, 1.165) is 12.0 Å². The van der Waals surface area contributed by atoms with Gasteiger partial charge in [0.1, 0.15) is 18.1 Å². The molecule has 0 saturated heterocycles. The van der Waals surface area contributed by atoms with Crippen LogP contribution in [0.5, 0.6) is 5.75 Å². The Bertz CT molecular complexity index is 844. The van der Waals surface area contributed by atoms with Gasteiger partial charge in [-0.1, -0.05) is 43.6 Å². The summed E-state index contributed by atoms with van der Waals surface area (Å²) in [5.74, 6) is 1.64. The number of halogens is 1. The number of aromatic nitrogens is 1. The van der Waals surface area contributed by atoms with Crippen LogP contribution in [0.1, 0.15) is 31.9 Å². The summed E-state index contributed by atoms with van der Waals surface area (Å²) in [6, 6.07) is 10.1. The highest BCUT2D eigenvalue weighted by Gasteiger charge is 2.26. The van der Waals surface area contributed by atoms with Crippen molar-refractivity contribution in [3.05, 3.63) is 75.6 Å². The van der Waals surface area contributed by atoms with Gasteiger partial charge in [0.2, 0.25) is 6.79 Å². The van der Waals surface area contributed by atoms with Gasteiger partial charge >= 0.3 is 0 Å². The standard InChI is InChI=1S/C20H22ClNO4/c1-14(2)8-10-25-15-7-9-22(19(23)11-15)20(18-12-24-13-26-18)16-5-3-4-6-17(16)21/h3-7,9,11-12,14,20H,8,10,13H2,1-2H3. The molecule has 0 aliphatic carbocycles. The van der Waals surface area contributed by atoms with E-state index in [1.165, 1.54) is 12.3 Å². The first kappa shape index (κ1) is 18.4. The summed E-state index contributed by atoms with van der Waals surface area (Å²) in [6.07, 6.45) is 4.15. The van der Waals surface area contributed by atoms with Crippen LogP contribution in [0.4, 0.5) is 0 Å². The van der Waals surface area contributed by atoms with Crippen LogP contribution in [-0.4, -0.2) is 18.0 Å². The summed E-state index contributed by atoms with van der Waals surface area (Å²) >= 11 is 6.37. The largest absolute Gasteiger partial charge is 0.493 e. The third kappa shape index (κ3) is 4.22. The summed E-state index contributed by atoms with van der Waals surface area (Å²) in [5, 5.41) is 0.554. The molecule has 0 amide bonds. The molecule has 1 aliphatic rings. The fraction of sp³-hybridized carbons (Fsp3) is 0.350. The maximum atomic E-state index is 12.7. The van der Waals surface area contributed by atoms with E-state index in [4.69, 9.17) is 25.8 Å². The number of hydrogen-bond acceptors (Lipinski definition) is 4. The predicted molar refractivity (Wildman–Crippen MR) is 100 cm³/mol. The normalized spacial score (nSPS) is 14.5. The van der Waals surface area contributed by atoms with Crippen molar-refractivity contribution in [1.82, 2.24) is 4.57 Å². The number of allylic oxidation sites excluding steroid dienone is 1. The van der Waals surface area contributed by atoms with Gasteiger partial charge in [0.15, 0.2) is 5.76 Å². The van der Waals surface area contributed by atoms with Gasteiger partial charge in [-0.2, -0.15) is 0 Å². The Morgan fingerprint density at radius 1 is 1.27 bits per heavy atom. The van der Waals surface area contributed by atoms with Crippen LogP contribution in [0.15, 0.2) is 59.4 Å². The first-order valence-electron chi connectivity index (χ1n) is 8.60. The van der Waals surface area contributed by atoms with E-state index >= 15 is 0 Å². The number of nitrogens with zero attached hydrogens (tertiary/aromatic N) is 1. The lowest BCUT2D eigenvalue weighted by molar-refractivity contribution is 0.0735. The van der Waals surface area contributed by atoms with E-state index in [2.05, 4.69) is 13.8 Å². The second-order valence-corrected chi connectivity index (χ2v) is 6.92. The lowest BCUT2D eigenvalue weighted by Gasteiger charge is -2.21. The molecule has 2 aromatic rings. The molecule has 2 heterocycles. The highest BCUT2D eigenvalue weighted by atomic mass is 35.5. The molecule has 1 unspecified atom stereocenters. The lowest BCUT2D eigenvalue weighted by Crippen LogP contribution is -2.26. The van der Waals surface area contributed by atoms with Crippen molar-refractivity contribution >= 4 is 11.6 Å². The van der Waals surface area contributed by atoms with E-state index in [-0.39, 0.29) is 12.4 Å². The van der Waals surface area contributed by atoms with Gasteiger partial charge in [0.05, 0.1) is 6.61 Å². The van der Waals surface area contributed by atoms with Crippen molar-refractivity contribution in [1.29, 1.82) is 0 Å². The average molecular weight is 376 g/mol. The summed E-state index contributed by atoms with van der Waals surface area (Å²) in [6.45, 7) is 4.97. The van der Waals surface area contributed by atoms with E-state index in [9.17, 15) is 4.79 Å². The molecule has 5 nitrogen and oxygen atoms in total. The maximum absolute atomic E-state index is 12.7. The number of benzene rings is 1. The van der Waals surface area contributed by atoms with Gasteiger partial charge in [-0.3, -0.25) is 4.79 Å². The van der Waals surface area contributed by atoms with Crippen LogP contribution in [0.2, 0.25) is 5.02 Å². The Morgan fingerprint density at radius 3 is 2.73 bits per heavy atom. The van der Waals surface area contributed by atoms with E-state index in [1.807, 2.05) is 18.2 Å². The summed E-state index contributed by atoms with van der Waals surface area (Å²) in [5.41, 5.74) is 0.565. The number of rotatable bonds is 7. The third-order valence-corrected chi connectivity index (χ3v) is 4.47. The monoisotopic (exact) mass is 375 g/mol. The topological polar surface area (TPSA) is 49.7 Å². The molecular formula is C20H22ClNO4. The van der Waals surface area contributed by atoms with Crippen LogP contribution in [-0.2, 0) is 9.47 Å². The van der Waals surface area contributed by atoms with Gasteiger partial charge in [0, 0.05) is 22.8 Å². The highest BCUT2D eigenvalue weighted by molar-refractivity contribution is 6.31. The molecule has 0 spiro atoms. The predicted octanol–water partition coefficient (Wildman–Crippen LogP) is 4.36. The molecular weight excluding hydrogens is 354 g/mol. The number of hydrogen-bond donors (Lipinski definition) is 0. The molecule has 138 valence electrons. The van der Waals surface area contributed by atoms with Gasteiger partial charge in [-0.15, -0.1) is 0 Å². The van der Waals surface area contributed by atoms with Gasteiger partial charge in [0.25, 0.3) is 5.56 Å². The summed E-state index contributed by atoms with van der Waals surface area (Å²) in [4.78, 5) is 12.7. The van der Waals surface area contributed by atoms with E-state index in [1.54, 1.807) is 22.9 Å². The lowest BCUT2D eigenvalue weighted by atomic mass is 10.0. The van der Waals surface area contributed by atoms with E-state index in [0.29, 0.717) is 29.1 Å². The zero-order valence-corrected chi connectivity index (χ0v) is 15.6. The maximum Gasteiger partial charge on any atom is 0.255 e. The molecule has 3 rings (SSSR count). The van der Waals surface area contributed by atoms with Crippen molar-refractivity contribution in [2.24, 2.45) is 5.92 Å². The number of pyridine rings is 1. The Morgan fingerprint density at radius 2 is 2.08 bits per heavy atom. The smallest absolute Gasteiger partial charge is 0.255 e. The molecule has 0 fully saturated rings. The minimum absolute atomic E-state index is 0.126. The molecule has 1 aromatic carbocycles. The minimum Gasteiger partial charge on any atom is -0.493 e. The fourth-order valence-electron chi connectivity index (χ4n) is 2.72. The highest BCUT2D eigenvalue weighted by Crippen LogP contribution is 2.33. The zero-order chi connectivity index (χ0) is 18.5. The van der Waals surface area contributed by atoms with Crippen LogP contribution in [0.3, 0.4) is 0 Å². The molecule has 0 bridgehead atoms. The summed E-state index contributed by atoms with van der Waals surface area (Å²) < 4.78 is 18.0. The molecule has 26 heavy (non-hydrogen) atoms. The Kier molecular flexibility index (Phi) is 5.89. The minimum atomic E-state index is -0.497. The quantitative estimate of drug-likeness (QED) is 0.721. The van der Waals surface area contributed by atoms with Crippen LogP contribution in [0.25, 0.3) is 0 Å². The average Bonchev–Trinajstić information content (AvgIpc) is 3.12. The zero-order valence-electron chi connectivity index (χ0n) is 14.9. The third-order valence-electron chi connectivity index (χ3n) is 4.12. The second-order valence-electron chi connectivity index (χ2n) is 6.51. The van der Waals surface area contributed by atoms with Crippen molar-refractivity contribution in [3.63, 3.8) is 0 Å². The molecule has 0 N–H and O–H groups in total. The van der Waals surface area contributed by atoms with Crippen LogP contribution < -0.4 is 10.3 Å². The molecule has 0 radical (unpaired) electrons. The Balaban J connectivity index is 1.92. The Labute approximate surface area is 157 Å². The fourth-order valence-corrected chi connectivity index (χ4v) is 2.96. The molecule has 1 aliphatic heterocycles. The van der Waals surface area contributed by atoms with Crippen LogP contribution >= 0.6 is 11.6 Å². The van der Waals surface area contributed by atoms with Crippen molar-refractivity contribution < 1.29 is 14.2 Å². The second kappa shape index (κ2) is 8.32. The van der Waals surface area contributed by atoms with Gasteiger partial charge in [-0.05, 0) is 24.5 Å². The van der Waals surface area contributed by atoms with Crippen LogP contribution in [0, 0.1) is 5.92 Å². The molecule has 1 aromatic heterocycles. The molecule has 1 atom stereocenters. The van der Waals surface area contributed by atoms with E-state index < -0.39 is 6.04 Å². The first-order chi connectivity index (χ1) is 12.6. The van der Waals surface area contributed by atoms with Gasteiger partial charge < -0.3 is 18.8 Å². The van der Waals surface area contributed by atoms with Crippen molar-refractivity contribution in [3.8, 4) is 5.75 Å². The molecule has 0 saturated carbocycles. The Hall–Kier alpha value is -2.40. The summed E-state index contributed by atoms with van der Waals surface area (Å²) in [7, 11) is 0. The van der Waals surface area contributed by atoms with Gasteiger partial charge in [-0.25, -0.2) is 0 Å². The SMILES string of the molecule is CC(C)CCOc1ccn(C(C2=COCO2)c2ccccc2Cl)c(=O)c1. The van der Waals surface area contributed by atoms with Crippen molar-refractivity contribution in [2.75, 3.05) is 13.4 Å². The first-order valence-corrected chi connectivity index (χ1v) is 8.98. The molecule has 6 heteroatoms. The number of ether oxygens (including phenoxy) is 3. The van der Waals surface area contributed by atoms with Crippen molar-refractivity contribution in [2.45, 2.75) is 26.3 Å².